The summed E-state index contributed by atoms with van der Waals surface area (Å²) in [6.45, 7) is 0.993. The topological polar surface area (TPSA) is 63.8 Å². The van der Waals surface area contributed by atoms with E-state index < -0.39 is 0 Å². The van der Waals surface area contributed by atoms with E-state index >= 15 is 0 Å². The third-order valence-electron chi connectivity index (χ3n) is 1.97. The third-order valence-corrected chi connectivity index (χ3v) is 2.66. The molecule has 0 saturated carbocycles. The molecule has 0 amide bonds. The molecule has 0 atom stereocenters. The highest BCUT2D eigenvalue weighted by atomic mass is 32.1. The fraction of sp³-hybridized carbons (Fsp3) is 0.222. The second-order valence-corrected chi connectivity index (χ2v) is 3.74. The minimum atomic E-state index is -0.0309. The summed E-state index contributed by atoms with van der Waals surface area (Å²) in [4.78, 5) is 11.4. The first-order valence-corrected chi connectivity index (χ1v) is 5.28. The molecular weight excluding hydrogens is 198 g/mol. The van der Waals surface area contributed by atoms with E-state index in [4.69, 9.17) is 5.73 Å². The van der Waals surface area contributed by atoms with E-state index in [1.807, 2.05) is 16.8 Å². The van der Waals surface area contributed by atoms with E-state index in [-0.39, 0.29) is 5.56 Å². The summed E-state index contributed by atoms with van der Waals surface area (Å²) in [6.07, 6.45) is 0. The van der Waals surface area contributed by atoms with Crippen LogP contribution in [0.25, 0.3) is 11.3 Å². The van der Waals surface area contributed by atoms with Gasteiger partial charge in [-0.2, -0.15) is 11.3 Å². The van der Waals surface area contributed by atoms with Crippen LogP contribution in [0, 0.1) is 0 Å². The molecule has 0 aromatic carbocycles. The Kier molecular flexibility index (Phi) is 2.51. The molecule has 5 heteroatoms. The van der Waals surface area contributed by atoms with E-state index in [0.29, 0.717) is 13.1 Å². The number of nitrogens with one attached hydrogen (secondary N) is 1. The zero-order valence-corrected chi connectivity index (χ0v) is 8.38. The van der Waals surface area contributed by atoms with Gasteiger partial charge in [0.15, 0.2) is 0 Å². The molecule has 0 radical (unpaired) electrons. The zero-order valence-electron chi connectivity index (χ0n) is 7.56. The number of H-pyrrole nitrogens is 1. The molecule has 74 valence electrons. The van der Waals surface area contributed by atoms with Crippen molar-refractivity contribution in [1.82, 2.24) is 9.78 Å². The van der Waals surface area contributed by atoms with Crippen LogP contribution in [0.15, 0.2) is 27.7 Å². The summed E-state index contributed by atoms with van der Waals surface area (Å²) in [7, 11) is 0. The molecule has 0 aliphatic carbocycles. The normalized spacial score (nSPS) is 10.6. The Hall–Kier alpha value is -1.33. The number of hydrogen-bond donors (Lipinski definition) is 2. The molecular formula is C9H11N3OS. The van der Waals surface area contributed by atoms with Gasteiger partial charge in [-0.3, -0.25) is 14.6 Å². The van der Waals surface area contributed by atoms with Crippen LogP contribution in [0.1, 0.15) is 0 Å². The first-order chi connectivity index (χ1) is 6.81. The minimum absolute atomic E-state index is 0.0309. The average molecular weight is 209 g/mol. The van der Waals surface area contributed by atoms with Gasteiger partial charge in [0.2, 0.25) is 0 Å². The van der Waals surface area contributed by atoms with Gasteiger partial charge in [-0.05, 0) is 11.4 Å². The molecule has 2 aromatic heterocycles. The standard InChI is InChI=1S/C9H11N3OS/c10-2-3-12-9(13)5-8(11-12)7-1-4-14-6-7/h1,4-6,11H,2-3,10H2. The Morgan fingerprint density at radius 3 is 3.07 bits per heavy atom. The van der Waals surface area contributed by atoms with Gasteiger partial charge in [-0.15, -0.1) is 0 Å². The van der Waals surface area contributed by atoms with Crippen LogP contribution in [0.4, 0.5) is 0 Å². The van der Waals surface area contributed by atoms with Crippen molar-refractivity contribution in [2.24, 2.45) is 5.73 Å². The second kappa shape index (κ2) is 3.81. The molecule has 2 aromatic rings. The Morgan fingerprint density at radius 1 is 1.57 bits per heavy atom. The number of aromatic nitrogens is 2. The molecule has 14 heavy (non-hydrogen) atoms. The molecule has 0 unspecified atom stereocenters. The van der Waals surface area contributed by atoms with Gasteiger partial charge in [0.1, 0.15) is 0 Å². The van der Waals surface area contributed by atoms with Gasteiger partial charge < -0.3 is 5.73 Å². The first kappa shape index (κ1) is 9.23. The molecule has 4 nitrogen and oxygen atoms in total. The van der Waals surface area contributed by atoms with Crippen molar-refractivity contribution < 1.29 is 0 Å². The quantitative estimate of drug-likeness (QED) is 0.787. The zero-order chi connectivity index (χ0) is 9.97. The number of thiophene rings is 1. The van der Waals surface area contributed by atoms with Crippen LogP contribution in [-0.2, 0) is 6.54 Å². The predicted octanol–water partition coefficient (Wildman–Crippen LogP) is 0.864. The molecule has 2 rings (SSSR count). The lowest BCUT2D eigenvalue weighted by atomic mass is 10.2. The highest BCUT2D eigenvalue weighted by Gasteiger charge is 2.04. The Morgan fingerprint density at radius 2 is 2.43 bits per heavy atom. The lowest BCUT2D eigenvalue weighted by Gasteiger charge is -1.97. The summed E-state index contributed by atoms with van der Waals surface area (Å²) in [6, 6.07) is 3.57. The number of rotatable bonds is 3. The summed E-state index contributed by atoms with van der Waals surface area (Å²) in [5.74, 6) is 0. The molecule has 0 aliphatic heterocycles. The number of nitrogens with zero attached hydrogens (tertiary/aromatic N) is 1. The lowest BCUT2D eigenvalue weighted by Crippen LogP contribution is -2.20. The Bertz CT molecular complexity index is 455. The van der Waals surface area contributed by atoms with Crippen molar-refractivity contribution >= 4 is 11.3 Å². The van der Waals surface area contributed by atoms with E-state index in [2.05, 4.69) is 5.10 Å². The molecule has 2 heterocycles. The van der Waals surface area contributed by atoms with E-state index in [1.165, 1.54) is 4.68 Å². The number of hydrogen-bond acceptors (Lipinski definition) is 3. The Labute approximate surface area is 85.0 Å². The second-order valence-electron chi connectivity index (χ2n) is 2.96. The van der Waals surface area contributed by atoms with Gasteiger partial charge in [-0.1, -0.05) is 0 Å². The maximum absolute atomic E-state index is 11.4. The van der Waals surface area contributed by atoms with E-state index in [0.717, 1.165) is 11.3 Å². The molecule has 3 N–H and O–H groups in total. The van der Waals surface area contributed by atoms with Crippen molar-refractivity contribution in [2.75, 3.05) is 6.54 Å². The van der Waals surface area contributed by atoms with Crippen molar-refractivity contribution in [2.45, 2.75) is 6.54 Å². The molecule has 0 fully saturated rings. The van der Waals surface area contributed by atoms with Crippen molar-refractivity contribution in [1.29, 1.82) is 0 Å². The SMILES string of the molecule is NCCn1[nH]c(-c2ccsc2)cc1=O. The van der Waals surface area contributed by atoms with Gasteiger partial charge in [0.05, 0.1) is 12.2 Å². The fourth-order valence-electron chi connectivity index (χ4n) is 1.29. The van der Waals surface area contributed by atoms with Crippen molar-refractivity contribution in [3.8, 4) is 11.3 Å². The molecule has 0 bridgehead atoms. The van der Waals surface area contributed by atoms with Crippen LogP contribution >= 0.6 is 11.3 Å². The number of nitrogens with two attached hydrogens (primary N) is 1. The van der Waals surface area contributed by atoms with E-state index in [9.17, 15) is 4.79 Å². The third kappa shape index (κ3) is 1.64. The number of aromatic amines is 1. The van der Waals surface area contributed by atoms with Crippen LogP contribution < -0.4 is 11.3 Å². The molecule has 0 aliphatic rings. The highest BCUT2D eigenvalue weighted by Crippen LogP contribution is 2.17. The van der Waals surface area contributed by atoms with Gasteiger partial charge in [0, 0.05) is 23.6 Å². The van der Waals surface area contributed by atoms with Crippen LogP contribution in [0.5, 0.6) is 0 Å². The summed E-state index contributed by atoms with van der Waals surface area (Å²) in [5, 5.41) is 6.99. The van der Waals surface area contributed by atoms with Crippen molar-refractivity contribution in [3.63, 3.8) is 0 Å². The van der Waals surface area contributed by atoms with Crippen molar-refractivity contribution in [3.05, 3.63) is 33.2 Å². The molecule has 0 saturated heterocycles. The predicted molar refractivity (Wildman–Crippen MR) is 57.4 cm³/mol. The highest BCUT2D eigenvalue weighted by molar-refractivity contribution is 7.08. The summed E-state index contributed by atoms with van der Waals surface area (Å²) < 4.78 is 1.52. The monoisotopic (exact) mass is 209 g/mol. The van der Waals surface area contributed by atoms with Crippen LogP contribution in [0.2, 0.25) is 0 Å². The minimum Gasteiger partial charge on any atom is -0.329 e. The first-order valence-electron chi connectivity index (χ1n) is 4.34. The van der Waals surface area contributed by atoms with Crippen LogP contribution in [0.3, 0.4) is 0 Å². The molecule has 0 spiro atoms. The Balaban J connectivity index is 2.38. The summed E-state index contributed by atoms with van der Waals surface area (Å²) in [5.41, 5.74) is 7.24. The largest absolute Gasteiger partial charge is 0.329 e. The maximum atomic E-state index is 11.4. The maximum Gasteiger partial charge on any atom is 0.267 e. The van der Waals surface area contributed by atoms with Gasteiger partial charge >= 0.3 is 0 Å². The van der Waals surface area contributed by atoms with Gasteiger partial charge in [0.25, 0.3) is 5.56 Å². The lowest BCUT2D eigenvalue weighted by molar-refractivity contribution is 0.608. The average Bonchev–Trinajstić information content (AvgIpc) is 2.76. The smallest absolute Gasteiger partial charge is 0.267 e. The van der Waals surface area contributed by atoms with Crippen LogP contribution in [-0.4, -0.2) is 16.3 Å². The van der Waals surface area contributed by atoms with E-state index in [1.54, 1.807) is 17.4 Å². The summed E-state index contributed by atoms with van der Waals surface area (Å²) >= 11 is 1.61. The fourth-order valence-corrected chi connectivity index (χ4v) is 1.95. The van der Waals surface area contributed by atoms with Gasteiger partial charge in [-0.25, -0.2) is 0 Å².